The first-order valence-electron chi connectivity index (χ1n) is 10.6. The minimum Gasteiger partial charge on any atom is -0.493 e. The van der Waals surface area contributed by atoms with E-state index in [0.717, 1.165) is 5.56 Å². The summed E-state index contributed by atoms with van der Waals surface area (Å²) in [4.78, 5) is 13.2. The molecule has 1 amide bonds. The Bertz CT molecular complexity index is 1260. The van der Waals surface area contributed by atoms with Crippen molar-refractivity contribution in [2.45, 2.75) is 17.4 Å². The van der Waals surface area contributed by atoms with E-state index in [4.69, 9.17) is 18.9 Å². The molecule has 9 nitrogen and oxygen atoms in total. The molecule has 0 aliphatic rings. The van der Waals surface area contributed by atoms with Crippen LogP contribution in [-0.4, -0.2) is 48.8 Å². The summed E-state index contributed by atoms with van der Waals surface area (Å²) in [5, 5.41) is 2.76. The van der Waals surface area contributed by atoms with E-state index in [2.05, 4.69) is 10.0 Å². The van der Waals surface area contributed by atoms with Crippen LogP contribution in [0.15, 0.2) is 71.6 Å². The Labute approximate surface area is 205 Å². The van der Waals surface area contributed by atoms with Crippen molar-refractivity contribution in [3.8, 4) is 23.0 Å². The number of ether oxygens (including phenoxy) is 4. The molecular weight excluding hydrogens is 472 g/mol. The molecule has 10 heteroatoms. The van der Waals surface area contributed by atoms with Gasteiger partial charge in [-0.1, -0.05) is 30.3 Å². The lowest BCUT2D eigenvalue weighted by atomic mass is 10.1. The third-order valence-corrected chi connectivity index (χ3v) is 6.68. The first kappa shape index (κ1) is 25.9. The molecule has 0 bridgehead atoms. The Morgan fingerprint density at radius 1 is 0.771 bits per heavy atom. The normalized spacial score (nSPS) is 11.9. The second kappa shape index (κ2) is 11.6. The fourth-order valence-electron chi connectivity index (χ4n) is 3.42. The van der Waals surface area contributed by atoms with E-state index in [0.29, 0.717) is 22.9 Å². The highest BCUT2D eigenvalue weighted by atomic mass is 32.2. The minimum atomic E-state index is -4.09. The van der Waals surface area contributed by atoms with Gasteiger partial charge in [-0.05, 0) is 36.2 Å². The summed E-state index contributed by atoms with van der Waals surface area (Å²) in [7, 11) is 1.78. The van der Waals surface area contributed by atoms with Crippen LogP contribution in [0.1, 0.15) is 5.56 Å². The molecular formula is C25H28N2O7S. The Morgan fingerprint density at radius 3 is 1.94 bits per heavy atom. The van der Waals surface area contributed by atoms with Crippen molar-refractivity contribution in [2.24, 2.45) is 0 Å². The van der Waals surface area contributed by atoms with Crippen molar-refractivity contribution in [3.63, 3.8) is 0 Å². The summed E-state index contributed by atoms with van der Waals surface area (Å²) in [5.74, 6) is 1.03. The van der Waals surface area contributed by atoms with Crippen molar-refractivity contribution in [1.82, 2.24) is 4.72 Å². The van der Waals surface area contributed by atoms with E-state index < -0.39 is 22.0 Å². The third kappa shape index (κ3) is 6.43. The van der Waals surface area contributed by atoms with E-state index >= 15 is 0 Å². The summed E-state index contributed by atoms with van der Waals surface area (Å²) >= 11 is 0. The minimum absolute atomic E-state index is 0.0628. The largest absolute Gasteiger partial charge is 0.493 e. The summed E-state index contributed by atoms with van der Waals surface area (Å²) in [5.41, 5.74) is 1.21. The van der Waals surface area contributed by atoms with Gasteiger partial charge in [0.15, 0.2) is 23.0 Å². The van der Waals surface area contributed by atoms with Gasteiger partial charge in [-0.15, -0.1) is 0 Å². The Kier molecular flexibility index (Phi) is 8.56. The van der Waals surface area contributed by atoms with Crippen LogP contribution in [-0.2, 0) is 21.2 Å². The van der Waals surface area contributed by atoms with E-state index in [1.807, 2.05) is 30.3 Å². The number of carbonyl (C=O) groups excluding carboxylic acids is 1. The molecule has 1 atom stereocenters. The molecule has 0 spiro atoms. The van der Waals surface area contributed by atoms with Crippen LogP contribution < -0.4 is 29.0 Å². The van der Waals surface area contributed by atoms with Crippen molar-refractivity contribution in [1.29, 1.82) is 0 Å². The molecule has 186 valence electrons. The number of methoxy groups -OCH3 is 4. The number of hydrogen-bond acceptors (Lipinski definition) is 7. The molecule has 0 fully saturated rings. The lowest BCUT2D eigenvalue weighted by Crippen LogP contribution is -2.45. The summed E-state index contributed by atoms with van der Waals surface area (Å²) in [6.07, 6.45) is 0.131. The second-order valence-electron chi connectivity index (χ2n) is 7.44. The highest BCUT2D eigenvalue weighted by molar-refractivity contribution is 7.89. The van der Waals surface area contributed by atoms with Gasteiger partial charge in [0.1, 0.15) is 6.04 Å². The third-order valence-electron chi connectivity index (χ3n) is 5.21. The zero-order valence-corrected chi connectivity index (χ0v) is 20.7. The summed E-state index contributed by atoms with van der Waals surface area (Å²) in [6.45, 7) is 0. The van der Waals surface area contributed by atoms with Crippen molar-refractivity contribution >= 4 is 21.6 Å². The van der Waals surface area contributed by atoms with Crippen LogP contribution in [0.4, 0.5) is 5.69 Å². The number of anilines is 1. The van der Waals surface area contributed by atoms with Gasteiger partial charge < -0.3 is 24.3 Å². The molecule has 3 rings (SSSR count). The number of benzene rings is 3. The van der Waals surface area contributed by atoms with Gasteiger partial charge in [0.05, 0.1) is 33.3 Å². The van der Waals surface area contributed by atoms with Gasteiger partial charge in [-0.2, -0.15) is 4.72 Å². The number of carbonyl (C=O) groups is 1. The fraction of sp³-hybridized carbons (Fsp3) is 0.240. The molecule has 0 heterocycles. The van der Waals surface area contributed by atoms with E-state index in [-0.39, 0.29) is 17.1 Å². The Hall–Kier alpha value is -3.76. The zero-order valence-electron chi connectivity index (χ0n) is 19.9. The SMILES string of the molecule is COc1ccc(NC(=O)[C@H](Cc2ccccc2)NS(=O)(=O)c2ccc(OC)c(OC)c2)cc1OC. The average Bonchev–Trinajstić information content (AvgIpc) is 2.88. The van der Waals surface area contributed by atoms with Crippen molar-refractivity contribution in [2.75, 3.05) is 33.8 Å². The molecule has 2 N–H and O–H groups in total. The molecule has 0 saturated heterocycles. The van der Waals surface area contributed by atoms with Gasteiger partial charge in [0, 0.05) is 17.8 Å². The molecule has 0 aromatic heterocycles. The predicted octanol–water partition coefficient (Wildman–Crippen LogP) is 3.25. The fourth-order valence-corrected chi connectivity index (χ4v) is 4.63. The second-order valence-corrected chi connectivity index (χ2v) is 9.15. The lowest BCUT2D eigenvalue weighted by molar-refractivity contribution is -0.117. The molecule has 0 radical (unpaired) electrons. The standard InChI is InChI=1S/C25H28N2O7S/c1-31-21-12-10-18(15-23(21)33-3)26-25(28)20(14-17-8-6-5-7-9-17)27-35(29,30)19-11-13-22(32-2)24(16-19)34-4/h5-13,15-16,20,27H,14H2,1-4H3,(H,26,28)/t20-/m0/s1. The number of amides is 1. The van der Waals surface area contributed by atoms with E-state index in [9.17, 15) is 13.2 Å². The summed E-state index contributed by atoms with van der Waals surface area (Å²) in [6, 6.07) is 17.1. The maximum absolute atomic E-state index is 13.2. The van der Waals surface area contributed by atoms with Gasteiger partial charge in [0.25, 0.3) is 0 Å². The number of hydrogen-bond donors (Lipinski definition) is 2. The zero-order chi connectivity index (χ0) is 25.4. The van der Waals surface area contributed by atoms with E-state index in [1.54, 1.807) is 18.2 Å². The van der Waals surface area contributed by atoms with Gasteiger partial charge in [-0.25, -0.2) is 8.42 Å². The van der Waals surface area contributed by atoms with Crippen LogP contribution in [0.25, 0.3) is 0 Å². The van der Waals surface area contributed by atoms with Crippen LogP contribution in [0.5, 0.6) is 23.0 Å². The number of rotatable bonds is 11. The molecule has 0 aliphatic carbocycles. The summed E-state index contributed by atoms with van der Waals surface area (Å²) < 4.78 is 49.9. The molecule has 3 aromatic rings. The van der Waals surface area contributed by atoms with Crippen LogP contribution in [0.2, 0.25) is 0 Å². The molecule has 0 unspecified atom stereocenters. The first-order valence-corrected chi connectivity index (χ1v) is 12.1. The van der Waals surface area contributed by atoms with Crippen LogP contribution >= 0.6 is 0 Å². The quantitative estimate of drug-likeness (QED) is 0.416. The monoisotopic (exact) mass is 500 g/mol. The highest BCUT2D eigenvalue weighted by Gasteiger charge is 2.27. The topological polar surface area (TPSA) is 112 Å². The van der Waals surface area contributed by atoms with Crippen molar-refractivity contribution in [3.05, 3.63) is 72.3 Å². The number of sulfonamides is 1. The van der Waals surface area contributed by atoms with Crippen LogP contribution in [0.3, 0.4) is 0 Å². The molecule has 0 saturated carbocycles. The first-order chi connectivity index (χ1) is 16.8. The molecule has 3 aromatic carbocycles. The van der Waals surface area contributed by atoms with E-state index in [1.165, 1.54) is 46.6 Å². The maximum atomic E-state index is 13.2. The smallest absolute Gasteiger partial charge is 0.242 e. The highest BCUT2D eigenvalue weighted by Crippen LogP contribution is 2.31. The van der Waals surface area contributed by atoms with Crippen molar-refractivity contribution < 1.29 is 32.2 Å². The lowest BCUT2D eigenvalue weighted by Gasteiger charge is -2.20. The average molecular weight is 501 g/mol. The van der Waals surface area contributed by atoms with Gasteiger partial charge in [0.2, 0.25) is 15.9 Å². The van der Waals surface area contributed by atoms with Crippen LogP contribution in [0, 0.1) is 0 Å². The number of nitrogens with one attached hydrogen (secondary N) is 2. The Morgan fingerprint density at radius 2 is 1.34 bits per heavy atom. The van der Waals surface area contributed by atoms with Gasteiger partial charge >= 0.3 is 0 Å². The molecule has 0 aliphatic heterocycles. The maximum Gasteiger partial charge on any atom is 0.242 e. The Balaban J connectivity index is 1.90. The predicted molar refractivity (Wildman–Crippen MR) is 132 cm³/mol. The molecule has 35 heavy (non-hydrogen) atoms. The van der Waals surface area contributed by atoms with Gasteiger partial charge in [-0.3, -0.25) is 4.79 Å².